The molecule has 11 heavy (non-hydrogen) atoms. The highest BCUT2D eigenvalue weighted by Gasteiger charge is 1.95. The van der Waals surface area contributed by atoms with Crippen molar-refractivity contribution in [1.82, 2.24) is 0 Å². The van der Waals surface area contributed by atoms with Gasteiger partial charge < -0.3 is 0 Å². The summed E-state index contributed by atoms with van der Waals surface area (Å²) in [5, 5.41) is -1.94. The number of halogens is 6. The molecule has 0 radical (unpaired) electrons. The van der Waals surface area contributed by atoms with Gasteiger partial charge in [-0.2, -0.15) is 21.6 Å². The lowest BCUT2D eigenvalue weighted by Gasteiger charge is -1.70. The molecule has 0 N–H and O–H groups in total. The molecule has 2 nitrogen and oxygen atoms in total. The number of hydrogen-bond donors (Lipinski definition) is 0. The summed E-state index contributed by atoms with van der Waals surface area (Å²) in [6.07, 6.45) is -2.48. The van der Waals surface area contributed by atoms with E-state index < -0.39 is 19.6 Å². The van der Waals surface area contributed by atoms with Crippen LogP contribution in [0.15, 0.2) is 11.4 Å². The minimum atomic E-state index is -3.72. The molecule has 0 fully saturated rings. The first-order valence-electron chi connectivity index (χ1n) is 1.65. The minimum Gasteiger partial charge on any atom is -0.195 e. The molecule has 0 aliphatic carbocycles. The van der Waals surface area contributed by atoms with Crippen LogP contribution >= 0.6 is 33.0 Å². The second kappa shape index (κ2) is 5.93. The van der Waals surface area contributed by atoms with Crippen LogP contribution in [0.1, 0.15) is 0 Å². The standard InChI is InChI=1S/C2ClF3.Cl2O2S/c3-1(4)2(5)6;1-5(2,3)4. The van der Waals surface area contributed by atoms with Gasteiger partial charge in [-0.3, -0.25) is 0 Å². The van der Waals surface area contributed by atoms with Crippen molar-refractivity contribution in [3.63, 3.8) is 0 Å². The smallest absolute Gasteiger partial charge is 0.195 e. The lowest BCUT2D eigenvalue weighted by atomic mass is 11.1. The van der Waals surface area contributed by atoms with Gasteiger partial charge in [-0.1, -0.05) is 0 Å². The molecule has 0 aromatic carbocycles. The molecule has 0 atom stereocenters. The Morgan fingerprint density at radius 3 is 1.18 bits per heavy atom. The molecule has 0 saturated heterocycles. The summed E-state index contributed by atoms with van der Waals surface area (Å²) in [6.45, 7) is 0. The first kappa shape index (κ1) is 13.9. The van der Waals surface area contributed by atoms with Gasteiger partial charge in [-0.15, -0.1) is 0 Å². The van der Waals surface area contributed by atoms with Gasteiger partial charge in [0.1, 0.15) is 0 Å². The Balaban J connectivity index is 0. The van der Waals surface area contributed by atoms with E-state index >= 15 is 0 Å². The normalized spacial score (nSPS) is 9.64. The van der Waals surface area contributed by atoms with E-state index in [0.29, 0.717) is 0 Å². The van der Waals surface area contributed by atoms with Crippen molar-refractivity contribution in [2.75, 3.05) is 0 Å². The van der Waals surface area contributed by atoms with Crippen LogP contribution in [0.2, 0.25) is 0 Å². The summed E-state index contributed by atoms with van der Waals surface area (Å²) >= 11 is 4.08. The average molecular weight is 251 g/mol. The Morgan fingerprint density at radius 2 is 1.18 bits per heavy atom. The summed E-state index contributed by atoms with van der Waals surface area (Å²) in [7, 11) is 4.81. The zero-order valence-electron chi connectivity index (χ0n) is 4.49. The fraction of sp³-hybridized carbons (Fsp3) is 0. The van der Waals surface area contributed by atoms with E-state index in [0.717, 1.165) is 0 Å². The molecule has 0 saturated carbocycles. The van der Waals surface area contributed by atoms with Gasteiger partial charge in [-0.25, -0.2) is 0 Å². The van der Waals surface area contributed by atoms with E-state index in [9.17, 15) is 13.2 Å². The molecule has 0 unspecified atom stereocenters. The van der Waals surface area contributed by atoms with Crippen LogP contribution in [0, 0.1) is 0 Å². The van der Waals surface area contributed by atoms with Crippen molar-refractivity contribution < 1.29 is 21.6 Å². The van der Waals surface area contributed by atoms with Crippen LogP contribution in [-0.4, -0.2) is 8.42 Å². The molecule has 0 aliphatic rings. The Bertz CT molecular complexity index is 209. The van der Waals surface area contributed by atoms with Crippen molar-refractivity contribution in [1.29, 1.82) is 0 Å². The van der Waals surface area contributed by atoms with Crippen LogP contribution in [-0.2, 0) is 8.26 Å². The fourth-order valence-electron chi connectivity index (χ4n) is 0. The molecule has 0 rings (SSSR count). The Morgan fingerprint density at radius 1 is 1.09 bits per heavy atom. The maximum absolute atomic E-state index is 10.7. The minimum absolute atomic E-state index is 1.94. The molecule has 0 aromatic heterocycles. The zero-order valence-corrected chi connectivity index (χ0v) is 7.58. The van der Waals surface area contributed by atoms with Gasteiger partial charge >= 0.3 is 14.3 Å². The third-order valence-electron chi connectivity index (χ3n) is 0.143. The predicted molar refractivity (Wildman–Crippen MR) is 36.8 cm³/mol. The van der Waals surface area contributed by atoms with Crippen molar-refractivity contribution in [2.45, 2.75) is 0 Å². The van der Waals surface area contributed by atoms with E-state index in [1.54, 1.807) is 0 Å². The molecule has 68 valence electrons. The number of rotatable bonds is 0. The van der Waals surface area contributed by atoms with Crippen LogP contribution in [0.5, 0.6) is 0 Å². The summed E-state index contributed by atoms with van der Waals surface area (Å²) in [5.41, 5.74) is 0. The van der Waals surface area contributed by atoms with Crippen LogP contribution in [0.25, 0.3) is 0 Å². The van der Waals surface area contributed by atoms with Crippen molar-refractivity contribution in [2.24, 2.45) is 0 Å². The highest BCUT2D eigenvalue weighted by atomic mass is 36.0. The summed E-state index contributed by atoms with van der Waals surface area (Å²) in [5.74, 6) is 0. The maximum atomic E-state index is 10.7. The molecular formula is C2Cl3F3O2S. The van der Waals surface area contributed by atoms with E-state index in [1.807, 2.05) is 0 Å². The molecular weight excluding hydrogens is 251 g/mol. The van der Waals surface area contributed by atoms with Crippen molar-refractivity contribution >= 4 is 41.2 Å². The summed E-state index contributed by atoms with van der Waals surface area (Å²) < 4.78 is 50.1. The quantitative estimate of drug-likeness (QED) is 0.620. The van der Waals surface area contributed by atoms with Gasteiger partial charge in [0.05, 0.1) is 0 Å². The second-order valence-corrected chi connectivity index (χ2v) is 4.90. The predicted octanol–water partition coefficient (Wildman–Crippen LogP) is 2.97. The molecule has 9 heteroatoms. The van der Waals surface area contributed by atoms with Crippen molar-refractivity contribution in [3.05, 3.63) is 11.4 Å². The van der Waals surface area contributed by atoms with Crippen LogP contribution < -0.4 is 0 Å². The highest BCUT2D eigenvalue weighted by molar-refractivity contribution is 8.31. The molecule has 0 amide bonds. The molecule has 0 aromatic rings. The van der Waals surface area contributed by atoms with Gasteiger partial charge in [0.2, 0.25) is 0 Å². The van der Waals surface area contributed by atoms with E-state index in [4.69, 9.17) is 8.42 Å². The summed E-state index contributed by atoms with van der Waals surface area (Å²) in [4.78, 5) is 0. The monoisotopic (exact) mass is 250 g/mol. The Labute approximate surface area is 74.5 Å². The fourth-order valence-corrected chi connectivity index (χ4v) is 0. The van der Waals surface area contributed by atoms with Gasteiger partial charge in [0.15, 0.2) is 0 Å². The van der Waals surface area contributed by atoms with Gasteiger partial charge in [0.25, 0.3) is 5.29 Å². The third kappa shape index (κ3) is 38.1. The average Bonchev–Trinajstić information content (AvgIpc) is 1.59. The highest BCUT2D eigenvalue weighted by Crippen LogP contribution is 2.11. The first-order chi connectivity index (χ1) is 4.64. The Hall–Kier alpha value is 0.350. The largest absolute Gasteiger partial charge is 0.317 e. The van der Waals surface area contributed by atoms with E-state index in [1.165, 1.54) is 0 Å². The maximum Gasteiger partial charge on any atom is 0.317 e. The van der Waals surface area contributed by atoms with E-state index in [2.05, 4.69) is 33.0 Å². The molecule has 0 bridgehead atoms. The molecule has 0 aliphatic heterocycles. The summed E-state index contributed by atoms with van der Waals surface area (Å²) in [6, 6.07) is 0. The Kier molecular flexibility index (Phi) is 7.50. The topological polar surface area (TPSA) is 34.1 Å². The lowest BCUT2D eigenvalue weighted by molar-refractivity contribution is 0.393. The van der Waals surface area contributed by atoms with Crippen LogP contribution in [0.4, 0.5) is 13.2 Å². The third-order valence-corrected chi connectivity index (χ3v) is 0.286. The number of hydrogen-bond acceptors (Lipinski definition) is 2. The van der Waals surface area contributed by atoms with Gasteiger partial charge in [-0.05, 0) is 11.6 Å². The second-order valence-electron chi connectivity index (χ2n) is 0.899. The van der Waals surface area contributed by atoms with Crippen molar-refractivity contribution in [3.8, 4) is 0 Å². The molecule has 0 heterocycles. The SMILES string of the molecule is FC(F)=C(F)Cl.O=S(=O)(Cl)Cl. The first-order valence-corrected chi connectivity index (χ1v) is 5.16. The molecule has 0 spiro atoms. The van der Waals surface area contributed by atoms with Crippen LogP contribution in [0.3, 0.4) is 0 Å². The van der Waals surface area contributed by atoms with Gasteiger partial charge in [0, 0.05) is 21.4 Å². The lowest BCUT2D eigenvalue weighted by Crippen LogP contribution is -1.63. The van der Waals surface area contributed by atoms with E-state index in [-0.39, 0.29) is 0 Å². The zero-order chi connectivity index (χ0) is 9.65.